The summed E-state index contributed by atoms with van der Waals surface area (Å²) in [6, 6.07) is 6.14. The molecule has 0 spiro atoms. The van der Waals surface area contributed by atoms with Gasteiger partial charge in [-0.2, -0.15) is 0 Å². The van der Waals surface area contributed by atoms with E-state index in [1.54, 1.807) is 25.7 Å². The molecule has 9 nitrogen and oxygen atoms in total. The molecule has 1 aromatic carbocycles. The molecule has 0 aliphatic carbocycles. The van der Waals surface area contributed by atoms with Crippen LogP contribution < -0.4 is 10.6 Å². The molecule has 1 aromatic heterocycles. The Kier molecular flexibility index (Phi) is 9.90. The summed E-state index contributed by atoms with van der Waals surface area (Å²) in [7, 11) is 0. The Labute approximate surface area is 233 Å². The number of thiazole rings is 1. The minimum atomic E-state index is -0.454. The maximum Gasteiger partial charge on any atom is 0.350 e. The Hall–Kier alpha value is -3.05. The Morgan fingerprint density at radius 1 is 1.15 bits per heavy atom. The quantitative estimate of drug-likeness (QED) is 0.473. The van der Waals surface area contributed by atoms with E-state index in [2.05, 4.69) is 20.5 Å². The van der Waals surface area contributed by atoms with Crippen LogP contribution in [0.3, 0.4) is 0 Å². The van der Waals surface area contributed by atoms with Gasteiger partial charge < -0.3 is 19.9 Å². The molecule has 1 unspecified atom stereocenters. The summed E-state index contributed by atoms with van der Waals surface area (Å²) in [5.74, 6) is 0.00670. The van der Waals surface area contributed by atoms with Gasteiger partial charge in [0, 0.05) is 33.1 Å². The van der Waals surface area contributed by atoms with Crippen molar-refractivity contribution in [3.63, 3.8) is 0 Å². The molecule has 3 atom stereocenters. The molecule has 212 valence electrons. The van der Waals surface area contributed by atoms with E-state index in [9.17, 15) is 18.8 Å². The van der Waals surface area contributed by atoms with Crippen molar-refractivity contribution < 1.29 is 23.5 Å². The number of carbonyl (C=O) groups is 3. The molecule has 2 N–H and O–H groups in total. The van der Waals surface area contributed by atoms with Crippen LogP contribution in [0.4, 0.5) is 14.3 Å². The van der Waals surface area contributed by atoms with Crippen molar-refractivity contribution in [1.29, 1.82) is 0 Å². The summed E-state index contributed by atoms with van der Waals surface area (Å²) >= 11 is 1.08. The molecule has 3 amide bonds. The predicted molar refractivity (Wildman–Crippen MR) is 148 cm³/mol. The van der Waals surface area contributed by atoms with Crippen LogP contribution in [0.5, 0.6) is 0 Å². The Morgan fingerprint density at radius 3 is 2.64 bits per heavy atom. The number of rotatable bonds is 8. The monoisotopic (exact) mass is 559 g/mol. The molecule has 3 heterocycles. The second kappa shape index (κ2) is 13.3. The van der Waals surface area contributed by atoms with Crippen LogP contribution in [-0.2, 0) is 16.0 Å². The SMILES string of the molecule is CCOC(=O)c1sc(NC(=O)N[C@H]2CN(C(C)=O)CC[C@H]2CN2CCCC(Cc3ccc(F)cc3)C2)nc1C. The molecule has 11 heteroatoms. The number of aryl methyl sites for hydroxylation is 1. The Balaban J connectivity index is 1.37. The van der Waals surface area contributed by atoms with Gasteiger partial charge in [0.2, 0.25) is 5.91 Å². The number of ether oxygens (including phenoxy) is 1. The minimum absolute atomic E-state index is 0.00683. The van der Waals surface area contributed by atoms with Crippen molar-refractivity contribution in [2.24, 2.45) is 11.8 Å². The number of carbonyl (C=O) groups excluding carboxylic acids is 3. The predicted octanol–water partition coefficient (Wildman–Crippen LogP) is 4.08. The third-order valence-corrected chi connectivity index (χ3v) is 8.58. The van der Waals surface area contributed by atoms with Gasteiger partial charge in [-0.25, -0.2) is 19.0 Å². The lowest BCUT2D eigenvalue weighted by Gasteiger charge is -2.42. The first-order valence-electron chi connectivity index (χ1n) is 13.7. The van der Waals surface area contributed by atoms with Gasteiger partial charge >= 0.3 is 12.0 Å². The topological polar surface area (TPSA) is 104 Å². The molecule has 0 bridgehead atoms. The van der Waals surface area contributed by atoms with Gasteiger partial charge in [-0.15, -0.1) is 0 Å². The number of nitrogens with zero attached hydrogens (tertiary/aromatic N) is 3. The second-order valence-electron chi connectivity index (χ2n) is 10.5. The van der Waals surface area contributed by atoms with E-state index in [-0.39, 0.29) is 30.3 Å². The Morgan fingerprint density at radius 2 is 1.92 bits per heavy atom. The molecule has 0 saturated carbocycles. The van der Waals surface area contributed by atoms with E-state index in [4.69, 9.17) is 4.74 Å². The molecule has 0 radical (unpaired) electrons. The van der Waals surface area contributed by atoms with Gasteiger partial charge in [-0.05, 0) is 75.6 Å². The highest BCUT2D eigenvalue weighted by Gasteiger charge is 2.34. The molecule has 2 aromatic rings. The lowest BCUT2D eigenvalue weighted by atomic mass is 9.87. The van der Waals surface area contributed by atoms with Crippen molar-refractivity contribution in [2.75, 3.05) is 44.6 Å². The number of likely N-dealkylation sites (tertiary alicyclic amines) is 2. The van der Waals surface area contributed by atoms with Crippen LogP contribution in [0.25, 0.3) is 0 Å². The molecular weight excluding hydrogens is 521 g/mol. The first-order valence-corrected chi connectivity index (χ1v) is 14.5. The van der Waals surface area contributed by atoms with Gasteiger partial charge in [0.1, 0.15) is 10.7 Å². The van der Waals surface area contributed by atoms with Gasteiger partial charge in [0.15, 0.2) is 5.13 Å². The number of amides is 3. The standard InChI is InChI=1S/C28H38FN5O4S/c1-4-38-26(36)25-18(2)30-28(39-25)32-27(37)31-24-17-34(19(3)35)13-11-22(24)16-33-12-5-6-21(15-33)14-20-7-9-23(29)10-8-20/h7-10,21-22,24H,4-6,11-17H2,1-3H3,(H2,30,31,32,37)/t21?,22-,24-/m0/s1. The summed E-state index contributed by atoms with van der Waals surface area (Å²) in [4.78, 5) is 46.1. The number of hydrogen-bond acceptors (Lipinski definition) is 7. The zero-order valence-electron chi connectivity index (χ0n) is 22.9. The summed E-state index contributed by atoms with van der Waals surface area (Å²) < 4.78 is 18.4. The highest BCUT2D eigenvalue weighted by Crippen LogP contribution is 2.26. The number of hydrogen-bond donors (Lipinski definition) is 2. The number of urea groups is 1. The Bertz CT molecular complexity index is 1160. The van der Waals surface area contributed by atoms with E-state index in [1.807, 2.05) is 12.1 Å². The van der Waals surface area contributed by atoms with Crippen LogP contribution >= 0.6 is 11.3 Å². The van der Waals surface area contributed by atoms with Gasteiger partial charge in [0.25, 0.3) is 0 Å². The van der Waals surface area contributed by atoms with Gasteiger partial charge in [-0.1, -0.05) is 23.5 Å². The first-order chi connectivity index (χ1) is 18.7. The van der Waals surface area contributed by atoms with Gasteiger partial charge in [-0.3, -0.25) is 10.1 Å². The largest absolute Gasteiger partial charge is 0.462 e. The van der Waals surface area contributed by atoms with Crippen LogP contribution in [-0.4, -0.2) is 78.1 Å². The molecule has 2 saturated heterocycles. The highest BCUT2D eigenvalue weighted by molar-refractivity contribution is 7.17. The van der Waals surface area contributed by atoms with E-state index < -0.39 is 12.0 Å². The average Bonchev–Trinajstić information content (AvgIpc) is 3.26. The average molecular weight is 560 g/mol. The normalized spacial score (nSPS) is 21.8. The number of anilines is 1. The summed E-state index contributed by atoms with van der Waals surface area (Å²) in [5, 5.41) is 6.16. The zero-order valence-corrected chi connectivity index (χ0v) is 23.7. The van der Waals surface area contributed by atoms with Crippen molar-refractivity contribution in [3.05, 3.63) is 46.2 Å². The van der Waals surface area contributed by atoms with Crippen molar-refractivity contribution in [1.82, 2.24) is 20.1 Å². The second-order valence-corrected chi connectivity index (χ2v) is 11.5. The van der Waals surface area contributed by atoms with Crippen LogP contribution in [0.15, 0.2) is 24.3 Å². The maximum absolute atomic E-state index is 13.3. The first kappa shape index (κ1) is 28.9. The van der Waals surface area contributed by atoms with Crippen molar-refractivity contribution in [3.8, 4) is 0 Å². The number of aromatic nitrogens is 1. The molecule has 4 rings (SSSR count). The summed E-state index contributed by atoms with van der Waals surface area (Å²) in [5.41, 5.74) is 1.66. The number of benzene rings is 1. The van der Waals surface area contributed by atoms with Crippen molar-refractivity contribution >= 4 is 34.4 Å². The molecule has 2 aliphatic rings. The fourth-order valence-electron chi connectivity index (χ4n) is 5.58. The smallest absolute Gasteiger partial charge is 0.350 e. The number of piperidine rings is 2. The molecule has 2 fully saturated rings. The minimum Gasteiger partial charge on any atom is -0.462 e. The van der Waals surface area contributed by atoms with Gasteiger partial charge in [0.05, 0.1) is 18.3 Å². The van der Waals surface area contributed by atoms with E-state index >= 15 is 0 Å². The van der Waals surface area contributed by atoms with Crippen molar-refractivity contribution in [2.45, 2.75) is 52.5 Å². The molecular formula is C28H38FN5O4S. The fourth-order valence-corrected chi connectivity index (χ4v) is 6.43. The third-order valence-electron chi connectivity index (χ3n) is 7.53. The number of nitrogens with one attached hydrogen (secondary N) is 2. The summed E-state index contributed by atoms with van der Waals surface area (Å²) in [6.07, 6.45) is 3.96. The lowest BCUT2D eigenvalue weighted by molar-refractivity contribution is -0.130. The van der Waals surface area contributed by atoms with Crippen LogP contribution in [0.1, 0.15) is 54.0 Å². The van der Waals surface area contributed by atoms with E-state index in [0.717, 1.165) is 62.2 Å². The lowest BCUT2D eigenvalue weighted by Crippen LogP contribution is -2.57. The number of halogens is 1. The zero-order chi connectivity index (χ0) is 27.9. The van der Waals surface area contributed by atoms with Crippen LogP contribution in [0, 0.1) is 24.6 Å². The molecule has 2 aliphatic heterocycles. The van der Waals surface area contributed by atoms with E-state index in [0.29, 0.717) is 34.7 Å². The number of esters is 1. The third kappa shape index (κ3) is 7.98. The highest BCUT2D eigenvalue weighted by atomic mass is 32.1. The fraction of sp³-hybridized carbons (Fsp3) is 0.571. The molecule has 39 heavy (non-hydrogen) atoms. The summed E-state index contributed by atoms with van der Waals surface area (Å²) in [6.45, 7) is 9.17. The van der Waals surface area contributed by atoms with Crippen LogP contribution in [0.2, 0.25) is 0 Å². The van der Waals surface area contributed by atoms with E-state index in [1.165, 1.54) is 12.1 Å². The maximum atomic E-state index is 13.3.